The minimum absolute atomic E-state index is 0.0445. The van der Waals surface area contributed by atoms with Crippen molar-refractivity contribution in [3.8, 4) is 0 Å². The normalized spacial score (nSPS) is 12.1. The zero-order valence-electron chi connectivity index (χ0n) is 11.6. The maximum Gasteiger partial charge on any atom is 0.243 e. The van der Waals surface area contributed by atoms with Crippen LogP contribution >= 0.6 is 0 Å². The number of nitrogens with zero attached hydrogens (tertiary/aromatic N) is 1. The van der Waals surface area contributed by atoms with Gasteiger partial charge in [-0.2, -0.15) is 4.31 Å². The number of rotatable bonds is 7. The van der Waals surface area contributed by atoms with Crippen molar-refractivity contribution in [2.75, 3.05) is 13.1 Å². The van der Waals surface area contributed by atoms with E-state index in [4.69, 9.17) is 11.1 Å². The Balaban J connectivity index is 3.03. The molecule has 0 atom stereocenters. The highest BCUT2D eigenvalue weighted by atomic mass is 32.2. The lowest BCUT2D eigenvalue weighted by atomic mass is 10.2. The van der Waals surface area contributed by atoms with Gasteiger partial charge in [-0.1, -0.05) is 13.8 Å². The Kier molecular flexibility index (Phi) is 5.64. The van der Waals surface area contributed by atoms with Gasteiger partial charge in [0, 0.05) is 19.5 Å². The van der Waals surface area contributed by atoms with E-state index in [1.54, 1.807) is 0 Å². The van der Waals surface area contributed by atoms with E-state index in [-0.39, 0.29) is 29.6 Å². The highest BCUT2D eigenvalue weighted by molar-refractivity contribution is 7.89. The highest BCUT2D eigenvalue weighted by Crippen LogP contribution is 2.18. The van der Waals surface area contributed by atoms with Crippen molar-refractivity contribution >= 4 is 15.9 Å². The van der Waals surface area contributed by atoms with Gasteiger partial charge in [-0.3, -0.25) is 5.41 Å². The number of sulfonamides is 1. The van der Waals surface area contributed by atoms with E-state index in [9.17, 15) is 12.8 Å². The van der Waals surface area contributed by atoms with Gasteiger partial charge in [-0.05, 0) is 30.2 Å². The Labute approximate surface area is 119 Å². The summed E-state index contributed by atoms with van der Waals surface area (Å²) in [7, 11) is -3.69. The molecule has 0 saturated heterocycles. The topological polar surface area (TPSA) is 87.2 Å². The van der Waals surface area contributed by atoms with E-state index in [0.29, 0.717) is 6.54 Å². The van der Waals surface area contributed by atoms with Crippen LogP contribution in [0.4, 0.5) is 4.39 Å². The van der Waals surface area contributed by atoms with Crippen LogP contribution in [0.1, 0.15) is 20.3 Å². The van der Waals surface area contributed by atoms with Gasteiger partial charge in [-0.15, -0.1) is 0 Å². The Morgan fingerprint density at radius 2 is 1.90 bits per heavy atom. The van der Waals surface area contributed by atoms with Crippen LogP contribution in [0.5, 0.6) is 0 Å². The molecule has 3 N–H and O–H groups in total. The minimum Gasteiger partial charge on any atom is -0.388 e. The van der Waals surface area contributed by atoms with Crippen LogP contribution in [0.25, 0.3) is 0 Å². The first-order valence-corrected chi connectivity index (χ1v) is 7.76. The van der Waals surface area contributed by atoms with E-state index in [1.807, 2.05) is 13.8 Å². The zero-order valence-corrected chi connectivity index (χ0v) is 12.5. The monoisotopic (exact) mass is 301 g/mol. The maximum atomic E-state index is 12.9. The van der Waals surface area contributed by atoms with Gasteiger partial charge in [-0.25, -0.2) is 12.8 Å². The molecule has 0 aliphatic carbocycles. The minimum atomic E-state index is -3.69. The number of hydrogen-bond acceptors (Lipinski definition) is 3. The quantitative estimate of drug-likeness (QED) is 0.594. The molecule has 1 rings (SSSR count). The first kappa shape index (κ1) is 16.6. The van der Waals surface area contributed by atoms with Gasteiger partial charge in [0.2, 0.25) is 10.0 Å². The smallest absolute Gasteiger partial charge is 0.243 e. The molecule has 0 aliphatic rings. The summed E-state index contributed by atoms with van der Waals surface area (Å²) in [5.74, 6) is -0.409. The summed E-state index contributed by atoms with van der Waals surface area (Å²) in [6, 6.07) is 4.72. The van der Waals surface area contributed by atoms with Gasteiger partial charge >= 0.3 is 0 Å². The third-order valence-corrected chi connectivity index (χ3v) is 4.53. The van der Waals surface area contributed by atoms with Crippen LogP contribution in [0.3, 0.4) is 0 Å². The molecule has 112 valence electrons. The number of amidine groups is 1. The lowest BCUT2D eigenvalue weighted by Crippen LogP contribution is -2.36. The summed E-state index contributed by atoms with van der Waals surface area (Å²) in [6.07, 6.45) is 0.174. The zero-order chi connectivity index (χ0) is 15.3. The molecule has 20 heavy (non-hydrogen) atoms. The van der Waals surface area contributed by atoms with E-state index in [1.165, 1.54) is 16.4 Å². The first-order chi connectivity index (χ1) is 9.23. The summed E-state index contributed by atoms with van der Waals surface area (Å²) in [6.45, 7) is 4.28. The first-order valence-electron chi connectivity index (χ1n) is 6.32. The fraction of sp³-hybridized carbons (Fsp3) is 0.462. The summed E-state index contributed by atoms with van der Waals surface area (Å²) in [5.41, 5.74) is 5.29. The van der Waals surface area contributed by atoms with E-state index in [0.717, 1.165) is 12.1 Å². The van der Waals surface area contributed by atoms with Crippen molar-refractivity contribution in [3.05, 3.63) is 30.1 Å². The van der Waals surface area contributed by atoms with E-state index >= 15 is 0 Å². The fourth-order valence-electron chi connectivity index (χ4n) is 1.72. The number of hydrogen-bond donors (Lipinski definition) is 2. The molecule has 7 heteroatoms. The molecule has 0 unspecified atom stereocenters. The van der Waals surface area contributed by atoms with Crippen LogP contribution < -0.4 is 5.73 Å². The molecule has 0 aliphatic heterocycles. The second-order valence-electron chi connectivity index (χ2n) is 4.99. The number of halogens is 1. The summed E-state index contributed by atoms with van der Waals surface area (Å²) in [5, 5.41) is 7.21. The Morgan fingerprint density at radius 3 is 2.35 bits per heavy atom. The number of nitrogens with one attached hydrogen (secondary N) is 1. The summed E-state index contributed by atoms with van der Waals surface area (Å²) >= 11 is 0. The molecular formula is C13H20FN3O2S. The third kappa shape index (κ3) is 4.57. The highest BCUT2D eigenvalue weighted by Gasteiger charge is 2.25. The Hall–Kier alpha value is -1.47. The van der Waals surface area contributed by atoms with Crippen LogP contribution in [0.15, 0.2) is 29.2 Å². The van der Waals surface area contributed by atoms with Gasteiger partial charge in [0.1, 0.15) is 5.82 Å². The van der Waals surface area contributed by atoms with Crippen LogP contribution in [-0.2, 0) is 10.0 Å². The van der Waals surface area contributed by atoms with E-state index < -0.39 is 15.8 Å². The fourth-order valence-corrected chi connectivity index (χ4v) is 3.32. The Morgan fingerprint density at radius 1 is 1.35 bits per heavy atom. The molecule has 0 radical (unpaired) electrons. The molecule has 1 aromatic carbocycles. The average Bonchev–Trinajstić information content (AvgIpc) is 2.34. The second kappa shape index (κ2) is 6.81. The molecule has 0 bridgehead atoms. The van der Waals surface area contributed by atoms with Gasteiger partial charge in [0.25, 0.3) is 0 Å². The number of nitrogens with two attached hydrogens (primary N) is 1. The summed E-state index contributed by atoms with van der Waals surface area (Å²) < 4.78 is 39.1. The summed E-state index contributed by atoms with van der Waals surface area (Å²) in [4.78, 5) is 0.0445. The van der Waals surface area contributed by atoms with Crippen molar-refractivity contribution in [2.24, 2.45) is 11.7 Å². The van der Waals surface area contributed by atoms with Crippen molar-refractivity contribution < 1.29 is 12.8 Å². The predicted molar refractivity (Wildman–Crippen MR) is 76.5 cm³/mol. The van der Waals surface area contributed by atoms with Crippen LogP contribution in [0.2, 0.25) is 0 Å². The molecule has 1 aromatic rings. The van der Waals surface area contributed by atoms with Crippen LogP contribution in [-0.4, -0.2) is 31.6 Å². The van der Waals surface area contributed by atoms with Crippen LogP contribution in [0, 0.1) is 17.1 Å². The van der Waals surface area contributed by atoms with Gasteiger partial charge in [0.05, 0.1) is 10.7 Å². The molecule has 0 heterocycles. The largest absolute Gasteiger partial charge is 0.388 e. The standard InChI is InChI=1S/C13H20FN3O2S/c1-10(2)9-17(8-7-13(15)16)20(18,19)12-5-3-11(14)4-6-12/h3-6,10H,7-9H2,1-2H3,(H3,15,16). The third-order valence-electron chi connectivity index (χ3n) is 2.65. The van der Waals surface area contributed by atoms with Gasteiger partial charge in [0.15, 0.2) is 0 Å². The van der Waals surface area contributed by atoms with Crippen molar-refractivity contribution in [1.29, 1.82) is 5.41 Å². The molecule has 0 spiro atoms. The predicted octanol–water partition coefficient (Wildman–Crippen LogP) is 1.80. The lowest BCUT2D eigenvalue weighted by molar-refractivity contribution is 0.374. The lowest BCUT2D eigenvalue weighted by Gasteiger charge is -2.23. The van der Waals surface area contributed by atoms with E-state index in [2.05, 4.69) is 0 Å². The SMILES string of the molecule is CC(C)CN(CCC(=N)N)S(=O)(=O)c1ccc(F)cc1. The molecule has 5 nitrogen and oxygen atoms in total. The molecule has 0 fully saturated rings. The van der Waals surface area contributed by atoms with Gasteiger partial charge < -0.3 is 5.73 Å². The Bertz CT molecular complexity index is 555. The van der Waals surface area contributed by atoms with Crippen molar-refractivity contribution in [1.82, 2.24) is 4.31 Å². The number of benzene rings is 1. The molecular weight excluding hydrogens is 281 g/mol. The second-order valence-corrected chi connectivity index (χ2v) is 6.92. The molecule has 0 aromatic heterocycles. The van der Waals surface area contributed by atoms with Crippen molar-refractivity contribution in [2.45, 2.75) is 25.2 Å². The maximum absolute atomic E-state index is 12.9. The average molecular weight is 301 g/mol. The molecule has 0 amide bonds. The van der Waals surface area contributed by atoms with Crippen molar-refractivity contribution in [3.63, 3.8) is 0 Å². The molecule has 0 saturated carbocycles.